The predicted molar refractivity (Wildman–Crippen MR) is 68.7 cm³/mol. The minimum atomic E-state index is 0.702. The summed E-state index contributed by atoms with van der Waals surface area (Å²) in [4.78, 5) is 0. The molecule has 0 aromatic heterocycles. The van der Waals surface area contributed by atoms with Crippen LogP contribution in [0, 0.1) is 0 Å². The van der Waals surface area contributed by atoms with Gasteiger partial charge in [0.2, 0.25) is 0 Å². The van der Waals surface area contributed by atoms with Crippen LogP contribution in [0.4, 0.5) is 0 Å². The fourth-order valence-electron chi connectivity index (χ4n) is 1.92. The molecule has 0 amide bonds. The van der Waals surface area contributed by atoms with Gasteiger partial charge in [-0.05, 0) is 25.1 Å². The molecule has 1 aromatic carbocycles. The molecular weight excluding hydrogens is 214 g/mol. The van der Waals surface area contributed by atoms with Gasteiger partial charge in [-0.1, -0.05) is 23.8 Å². The summed E-state index contributed by atoms with van der Waals surface area (Å²) in [5.74, 6) is 1.61. The lowest BCUT2D eigenvalue weighted by Gasteiger charge is -2.15. The summed E-state index contributed by atoms with van der Waals surface area (Å²) in [6.07, 6.45) is 4.41. The van der Waals surface area contributed by atoms with Gasteiger partial charge in [0.05, 0.1) is 13.7 Å². The Labute approximate surface area is 102 Å². The second kappa shape index (κ2) is 6.30. The van der Waals surface area contributed by atoms with Crippen LogP contribution in [0.2, 0.25) is 0 Å². The fraction of sp³-hybridized carbons (Fsp3) is 0.429. The molecule has 0 bridgehead atoms. The summed E-state index contributed by atoms with van der Waals surface area (Å²) in [5, 5.41) is 3.36. The first-order valence-electron chi connectivity index (χ1n) is 6.04. The predicted octanol–water partition coefficient (Wildman–Crippen LogP) is 2.38. The van der Waals surface area contributed by atoms with Gasteiger partial charge in [-0.15, -0.1) is 0 Å². The number of hydrogen-bond donors (Lipinski definition) is 1. The van der Waals surface area contributed by atoms with Crippen molar-refractivity contribution in [3.05, 3.63) is 35.9 Å². The fourth-order valence-corrected chi connectivity index (χ4v) is 1.92. The second-order valence-corrected chi connectivity index (χ2v) is 4.08. The van der Waals surface area contributed by atoms with Crippen LogP contribution in [-0.2, 0) is 0 Å². The Bertz CT molecular complexity index is 388. The van der Waals surface area contributed by atoms with E-state index >= 15 is 0 Å². The lowest BCUT2D eigenvalue weighted by atomic mass is 10.1. The zero-order valence-electron chi connectivity index (χ0n) is 10.2. The number of methoxy groups -OCH3 is 1. The van der Waals surface area contributed by atoms with Crippen molar-refractivity contribution < 1.29 is 9.47 Å². The molecule has 0 atom stereocenters. The molecule has 0 aliphatic carbocycles. The van der Waals surface area contributed by atoms with Crippen LogP contribution in [0.15, 0.2) is 35.9 Å². The summed E-state index contributed by atoms with van der Waals surface area (Å²) in [6, 6.07) is 7.75. The monoisotopic (exact) mass is 233 g/mol. The van der Waals surface area contributed by atoms with Crippen molar-refractivity contribution in [1.29, 1.82) is 0 Å². The van der Waals surface area contributed by atoms with Crippen LogP contribution < -0.4 is 14.8 Å². The van der Waals surface area contributed by atoms with E-state index in [4.69, 9.17) is 9.47 Å². The first kappa shape index (κ1) is 12.0. The Kier molecular flexibility index (Phi) is 4.45. The molecule has 0 spiro atoms. The number of rotatable bonds is 5. The molecule has 1 aromatic rings. The van der Waals surface area contributed by atoms with Gasteiger partial charge < -0.3 is 14.8 Å². The SMILES string of the molecule is COc1ccccc1OCCC1=CCCNC1. The Balaban J connectivity index is 1.83. The van der Waals surface area contributed by atoms with Gasteiger partial charge >= 0.3 is 0 Å². The van der Waals surface area contributed by atoms with Crippen molar-refractivity contribution in [2.45, 2.75) is 12.8 Å². The quantitative estimate of drug-likeness (QED) is 0.792. The smallest absolute Gasteiger partial charge is 0.161 e. The molecule has 2 rings (SSSR count). The summed E-state index contributed by atoms with van der Waals surface area (Å²) < 4.78 is 11.0. The zero-order chi connectivity index (χ0) is 11.9. The Morgan fingerprint density at radius 1 is 1.24 bits per heavy atom. The number of nitrogens with one attached hydrogen (secondary N) is 1. The Hall–Kier alpha value is -1.48. The van der Waals surface area contributed by atoms with Crippen LogP contribution in [0.5, 0.6) is 11.5 Å². The van der Waals surface area contributed by atoms with E-state index in [2.05, 4.69) is 11.4 Å². The topological polar surface area (TPSA) is 30.5 Å². The third-order valence-electron chi connectivity index (χ3n) is 2.86. The zero-order valence-corrected chi connectivity index (χ0v) is 10.2. The summed E-state index contributed by atoms with van der Waals surface area (Å²) in [7, 11) is 1.66. The van der Waals surface area contributed by atoms with Gasteiger partial charge in [0.25, 0.3) is 0 Å². The molecule has 0 radical (unpaired) electrons. The van der Waals surface area contributed by atoms with Crippen LogP contribution in [0.25, 0.3) is 0 Å². The molecule has 1 N–H and O–H groups in total. The first-order chi connectivity index (χ1) is 8.40. The van der Waals surface area contributed by atoms with Crippen LogP contribution in [0.3, 0.4) is 0 Å². The molecule has 0 saturated carbocycles. The van der Waals surface area contributed by atoms with E-state index in [1.807, 2.05) is 24.3 Å². The maximum atomic E-state index is 5.74. The van der Waals surface area contributed by atoms with Crippen LogP contribution >= 0.6 is 0 Å². The molecule has 1 aliphatic rings. The highest BCUT2D eigenvalue weighted by molar-refractivity contribution is 5.39. The highest BCUT2D eigenvalue weighted by Crippen LogP contribution is 2.26. The highest BCUT2D eigenvalue weighted by Gasteiger charge is 2.05. The van der Waals surface area contributed by atoms with Crippen molar-refractivity contribution in [2.24, 2.45) is 0 Å². The molecule has 1 aliphatic heterocycles. The van der Waals surface area contributed by atoms with Crippen molar-refractivity contribution in [3.8, 4) is 11.5 Å². The van der Waals surface area contributed by atoms with Gasteiger partial charge in [-0.2, -0.15) is 0 Å². The molecule has 1 heterocycles. The molecule has 0 fully saturated rings. The maximum absolute atomic E-state index is 5.74. The van der Waals surface area contributed by atoms with Gasteiger partial charge in [-0.25, -0.2) is 0 Å². The van der Waals surface area contributed by atoms with Crippen molar-refractivity contribution in [3.63, 3.8) is 0 Å². The largest absolute Gasteiger partial charge is 0.493 e. The average Bonchev–Trinajstić information content (AvgIpc) is 2.40. The van der Waals surface area contributed by atoms with E-state index < -0.39 is 0 Å². The van der Waals surface area contributed by atoms with E-state index in [0.717, 1.165) is 37.4 Å². The molecule has 3 heteroatoms. The van der Waals surface area contributed by atoms with Crippen LogP contribution in [-0.4, -0.2) is 26.8 Å². The molecule has 0 unspecified atom stereocenters. The minimum absolute atomic E-state index is 0.702. The standard InChI is InChI=1S/C14H19NO2/c1-16-13-6-2-3-7-14(13)17-10-8-12-5-4-9-15-11-12/h2-3,5-7,15H,4,8-11H2,1H3. The van der Waals surface area contributed by atoms with Crippen LogP contribution in [0.1, 0.15) is 12.8 Å². The molecule has 3 nitrogen and oxygen atoms in total. The second-order valence-electron chi connectivity index (χ2n) is 4.08. The molecular formula is C14H19NO2. The third kappa shape index (κ3) is 3.49. The lowest BCUT2D eigenvalue weighted by molar-refractivity contribution is 0.296. The highest BCUT2D eigenvalue weighted by atomic mass is 16.5. The van der Waals surface area contributed by atoms with Crippen molar-refractivity contribution >= 4 is 0 Å². The normalized spacial score (nSPS) is 15.2. The Morgan fingerprint density at radius 2 is 2.06 bits per heavy atom. The molecule has 17 heavy (non-hydrogen) atoms. The van der Waals surface area contributed by atoms with E-state index in [0.29, 0.717) is 6.61 Å². The van der Waals surface area contributed by atoms with Gasteiger partial charge in [-0.3, -0.25) is 0 Å². The first-order valence-corrected chi connectivity index (χ1v) is 6.04. The van der Waals surface area contributed by atoms with E-state index in [1.165, 1.54) is 5.57 Å². The maximum Gasteiger partial charge on any atom is 0.161 e. The van der Waals surface area contributed by atoms with E-state index in [1.54, 1.807) is 7.11 Å². The van der Waals surface area contributed by atoms with E-state index in [-0.39, 0.29) is 0 Å². The van der Waals surface area contributed by atoms with Crippen molar-refractivity contribution in [2.75, 3.05) is 26.8 Å². The summed E-state index contributed by atoms with van der Waals surface area (Å²) in [5.41, 5.74) is 1.44. The van der Waals surface area contributed by atoms with E-state index in [9.17, 15) is 0 Å². The molecule has 92 valence electrons. The number of benzene rings is 1. The minimum Gasteiger partial charge on any atom is -0.493 e. The van der Waals surface area contributed by atoms with Gasteiger partial charge in [0.1, 0.15) is 0 Å². The summed E-state index contributed by atoms with van der Waals surface area (Å²) >= 11 is 0. The number of para-hydroxylation sites is 2. The number of ether oxygens (including phenoxy) is 2. The number of hydrogen-bond acceptors (Lipinski definition) is 3. The average molecular weight is 233 g/mol. The van der Waals surface area contributed by atoms with Gasteiger partial charge in [0.15, 0.2) is 11.5 Å². The molecule has 0 saturated heterocycles. The third-order valence-corrected chi connectivity index (χ3v) is 2.86. The van der Waals surface area contributed by atoms with Crippen molar-refractivity contribution in [1.82, 2.24) is 5.32 Å². The lowest BCUT2D eigenvalue weighted by Crippen LogP contribution is -2.23. The Morgan fingerprint density at radius 3 is 2.76 bits per heavy atom. The summed E-state index contributed by atoms with van der Waals surface area (Å²) in [6.45, 7) is 2.79. The van der Waals surface area contributed by atoms with Gasteiger partial charge in [0, 0.05) is 13.0 Å².